The molecule has 0 heterocycles. The topological polar surface area (TPSA) is 20.2 Å². The Balaban J connectivity index is 3.59. The summed E-state index contributed by atoms with van der Waals surface area (Å²) in [5, 5.41) is 10.6. The molecule has 1 atom stereocenters. The van der Waals surface area contributed by atoms with Gasteiger partial charge in [0, 0.05) is 5.92 Å². The fraction of sp³-hybridized carbons (Fsp3) is 0.435. The minimum absolute atomic E-state index is 0.111. The lowest BCUT2D eigenvalue weighted by atomic mass is 10.1. The normalized spacial score (nSPS) is 14.3. The molecule has 0 rings (SSSR count). The summed E-state index contributed by atoms with van der Waals surface area (Å²) in [5.41, 5.74) is 0. The van der Waals surface area contributed by atoms with E-state index in [0.29, 0.717) is 0 Å². The Bertz CT molecular complexity index is 466. The fourth-order valence-corrected chi connectivity index (χ4v) is 2.16. The van der Waals surface area contributed by atoms with Crippen molar-refractivity contribution in [1.29, 1.82) is 0 Å². The minimum Gasteiger partial charge on any atom is -0.396 e. The lowest BCUT2D eigenvalue weighted by molar-refractivity contribution is 0.265. The highest BCUT2D eigenvalue weighted by molar-refractivity contribution is 7.79. The van der Waals surface area contributed by atoms with Crippen molar-refractivity contribution in [2.45, 2.75) is 51.9 Å². The van der Waals surface area contributed by atoms with Crippen molar-refractivity contribution in [1.82, 2.24) is 0 Å². The van der Waals surface area contributed by atoms with Gasteiger partial charge in [0.1, 0.15) is 0 Å². The SMILES string of the molecule is CC/C=C\C/C=C\C/C=C\C/C=C\C/C=C\C/C=C/CC(C=S)CO. The van der Waals surface area contributed by atoms with Crippen LogP contribution in [0.3, 0.4) is 0 Å². The molecule has 138 valence electrons. The first-order chi connectivity index (χ1) is 12.3. The van der Waals surface area contributed by atoms with E-state index in [1.54, 1.807) is 5.37 Å². The van der Waals surface area contributed by atoms with Crippen molar-refractivity contribution in [2.75, 3.05) is 6.61 Å². The van der Waals surface area contributed by atoms with Gasteiger partial charge in [-0.05, 0) is 50.3 Å². The smallest absolute Gasteiger partial charge is 0.0505 e. The van der Waals surface area contributed by atoms with Crippen molar-refractivity contribution in [3.63, 3.8) is 0 Å². The zero-order valence-corrected chi connectivity index (χ0v) is 16.4. The van der Waals surface area contributed by atoms with Crippen LogP contribution in [0.2, 0.25) is 0 Å². The molecule has 0 radical (unpaired) electrons. The summed E-state index contributed by atoms with van der Waals surface area (Å²) in [7, 11) is 0. The van der Waals surface area contributed by atoms with Crippen molar-refractivity contribution in [2.24, 2.45) is 5.92 Å². The second-order valence-corrected chi connectivity index (χ2v) is 6.00. The first-order valence-corrected chi connectivity index (χ1v) is 9.78. The molecule has 0 amide bonds. The summed E-state index contributed by atoms with van der Waals surface area (Å²) in [6, 6.07) is 0. The van der Waals surface area contributed by atoms with E-state index >= 15 is 0 Å². The largest absolute Gasteiger partial charge is 0.396 e. The van der Waals surface area contributed by atoms with Crippen molar-refractivity contribution in [3.05, 3.63) is 72.9 Å². The number of allylic oxidation sites excluding steroid dienone is 12. The Morgan fingerprint density at radius 1 is 0.640 bits per heavy atom. The zero-order valence-electron chi connectivity index (χ0n) is 15.6. The number of hydrogen-bond acceptors (Lipinski definition) is 2. The van der Waals surface area contributed by atoms with Crippen LogP contribution in [-0.4, -0.2) is 17.1 Å². The molecule has 25 heavy (non-hydrogen) atoms. The summed E-state index contributed by atoms with van der Waals surface area (Å²) < 4.78 is 0. The van der Waals surface area contributed by atoms with Gasteiger partial charge in [0.25, 0.3) is 0 Å². The van der Waals surface area contributed by atoms with Crippen LogP contribution in [0, 0.1) is 5.92 Å². The van der Waals surface area contributed by atoms with Gasteiger partial charge in [-0.25, -0.2) is 0 Å². The number of thiocarbonyl (C=S) groups is 1. The maximum atomic E-state index is 9.01. The van der Waals surface area contributed by atoms with Crippen LogP contribution >= 0.6 is 12.2 Å². The van der Waals surface area contributed by atoms with Crippen LogP contribution in [-0.2, 0) is 0 Å². The van der Waals surface area contributed by atoms with Gasteiger partial charge in [0.05, 0.1) is 6.61 Å². The van der Waals surface area contributed by atoms with E-state index in [2.05, 4.69) is 79.8 Å². The van der Waals surface area contributed by atoms with Gasteiger partial charge in [-0.3, -0.25) is 0 Å². The maximum Gasteiger partial charge on any atom is 0.0505 e. The summed E-state index contributed by atoms with van der Waals surface area (Å²) in [5.74, 6) is 0.111. The predicted octanol–water partition coefficient (Wildman–Crippen LogP) is 6.68. The Morgan fingerprint density at radius 2 is 1.00 bits per heavy atom. The average molecular weight is 359 g/mol. The molecule has 0 spiro atoms. The lowest BCUT2D eigenvalue weighted by Crippen LogP contribution is -2.04. The van der Waals surface area contributed by atoms with Crippen LogP contribution in [0.4, 0.5) is 0 Å². The van der Waals surface area contributed by atoms with Crippen LogP contribution < -0.4 is 0 Å². The minimum atomic E-state index is 0.111. The molecule has 1 nitrogen and oxygen atoms in total. The molecule has 0 aromatic rings. The highest BCUT2D eigenvalue weighted by atomic mass is 32.1. The second kappa shape index (κ2) is 20.5. The third-order valence-corrected chi connectivity index (χ3v) is 3.85. The molecule has 0 aromatic carbocycles. The molecule has 0 aliphatic rings. The molecule has 0 bridgehead atoms. The molecule has 1 unspecified atom stereocenters. The van der Waals surface area contributed by atoms with Crippen LogP contribution in [0.15, 0.2) is 72.9 Å². The number of aliphatic hydroxyl groups excluding tert-OH is 1. The summed E-state index contributed by atoms with van der Waals surface area (Å²) >= 11 is 4.84. The molecule has 0 aliphatic heterocycles. The highest BCUT2D eigenvalue weighted by Crippen LogP contribution is 2.01. The summed E-state index contributed by atoms with van der Waals surface area (Å²) in [4.78, 5) is 0. The van der Waals surface area contributed by atoms with E-state index in [4.69, 9.17) is 17.3 Å². The third kappa shape index (κ3) is 18.7. The fourth-order valence-electron chi connectivity index (χ4n) is 1.97. The van der Waals surface area contributed by atoms with E-state index in [0.717, 1.165) is 44.9 Å². The third-order valence-electron chi connectivity index (χ3n) is 3.46. The van der Waals surface area contributed by atoms with E-state index < -0.39 is 0 Å². The first kappa shape index (κ1) is 23.5. The number of aliphatic hydroxyl groups is 1. The van der Waals surface area contributed by atoms with Gasteiger partial charge in [0.2, 0.25) is 0 Å². The quantitative estimate of drug-likeness (QED) is 0.260. The maximum absolute atomic E-state index is 9.01. The molecule has 0 fully saturated rings. The zero-order chi connectivity index (χ0) is 18.4. The summed E-state index contributed by atoms with van der Waals surface area (Å²) in [6.45, 7) is 2.29. The Kier molecular flexibility index (Phi) is 19.3. The average Bonchev–Trinajstić information content (AvgIpc) is 2.64. The Hall–Kier alpha value is -1.51. The predicted molar refractivity (Wildman–Crippen MR) is 117 cm³/mol. The van der Waals surface area contributed by atoms with E-state index in [9.17, 15) is 0 Å². The van der Waals surface area contributed by atoms with Crippen LogP contribution in [0.5, 0.6) is 0 Å². The molecular weight excluding hydrogens is 324 g/mol. The van der Waals surface area contributed by atoms with Gasteiger partial charge in [-0.1, -0.05) is 92.1 Å². The Morgan fingerprint density at radius 3 is 1.32 bits per heavy atom. The first-order valence-electron chi connectivity index (χ1n) is 9.31. The van der Waals surface area contributed by atoms with Crippen molar-refractivity contribution >= 4 is 17.6 Å². The molecule has 2 heteroatoms. The van der Waals surface area contributed by atoms with Gasteiger partial charge in [0.15, 0.2) is 0 Å². The molecule has 1 N–H and O–H groups in total. The molecule has 0 saturated carbocycles. The van der Waals surface area contributed by atoms with E-state index in [1.807, 2.05) is 0 Å². The van der Waals surface area contributed by atoms with Gasteiger partial charge < -0.3 is 5.11 Å². The number of rotatable bonds is 15. The van der Waals surface area contributed by atoms with Gasteiger partial charge >= 0.3 is 0 Å². The van der Waals surface area contributed by atoms with Gasteiger partial charge in [-0.15, -0.1) is 0 Å². The van der Waals surface area contributed by atoms with E-state index in [1.165, 1.54) is 0 Å². The molecule has 0 aromatic heterocycles. The van der Waals surface area contributed by atoms with Crippen molar-refractivity contribution in [3.8, 4) is 0 Å². The molecule has 0 saturated heterocycles. The monoisotopic (exact) mass is 358 g/mol. The highest BCUT2D eigenvalue weighted by Gasteiger charge is 1.97. The second-order valence-electron chi connectivity index (χ2n) is 5.73. The summed E-state index contributed by atoms with van der Waals surface area (Å²) in [6.07, 6.45) is 33.1. The number of hydrogen-bond donors (Lipinski definition) is 1. The molecular formula is C23H34OS. The Labute approximate surface area is 160 Å². The van der Waals surface area contributed by atoms with Gasteiger partial charge in [-0.2, -0.15) is 0 Å². The molecule has 0 aliphatic carbocycles. The van der Waals surface area contributed by atoms with Crippen molar-refractivity contribution < 1.29 is 5.11 Å². The van der Waals surface area contributed by atoms with Crippen LogP contribution in [0.25, 0.3) is 0 Å². The lowest BCUT2D eigenvalue weighted by Gasteiger charge is -2.01. The van der Waals surface area contributed by atoms with E-state index in [-0.39, 0.29) is 12.5 Å². The van der Waals surface area contributed by atoms with Crippen LogP contribution in [0.1, 0.15) is 51.9 Å². The standard InChI is InChI=1S/C23H34OS/c1-2-3-4-5-6-7-8-9-10-11-12-13-14-15-16-17-18-19-20-23(21-24)22-25/h3-4,6-7,9-10,12-13,15-16,18-19,22-24H,2,5,8,11,14,17,20-21H2,1H3/b4-3-,7-6-,10-9-,13-12-,16-15-,19-18+.